The van der Waals surface area contributed by atoms with Gasteiger partial charge in [0.15, 0.2) is 11.5 Å². The number of carbonyl (C=O) groups is 2. The van der Waals surface area contributed by atoms with Crippen LogP contribution in [0, 0.1) is 0 Å². The number of aliphatic hydroxyl groups excluding tert-OH is 1. The van der Waals surface area contributed by atoms with Crippen molar-refractivity contribution in [3.8, 4) is 0 Å². The zero-order chi connectivity index (χ0) is 13.3. The number of rotatable bonds is 2. The van der Waals surface area contributed by atoms with Crippen molar-refractivity contribution in [1.82, 2.24) is 0 Å². The van der Waals surface area contributed by atoms with Crippen molar-refractivity contribution in [1.29, 1.82) is 0 Å². The molecule has 1 aliphatic rings. The minimum atomic E-state index is -0.470. The third kappa shape index (κ3) is 2.85. The van der Waals surface area contributed by atoms with Gasteiger partial charge in [-0.05, 0) is 20.3 Å². The summed E-state index contributed by atoms with van der Waals surface area (Å²) >= 11 is 0. The van der Waals surface area contributed by atoms with Gasteiger partial charge in [-0.2, -0.15) is 0 Å². The van der Waals surface area contributed by atoms with Gasteiger partial charge in [-0.3, -0.25) is 9.59 Å². The van der Waals surface area contributed by atoms with Gasteiger partial charge in [0, 0.05) is 33.2 Å². The third-order valence-electron chi connectivity index (χ3n) is 2.91. The number of benzene rings is 1. The molecule has 4 heteroatoms. The van der Waals surface area contributed by atoms with E-state index < -0.39 is 11.5 Å². The van der Waals surface area contributed by atoms with Crippen molar-refractivity contribution < 1.29 is 31.2 Å². The quantitative estimate of drug-likeness (QED) is 0.674. The molecule has 0 fully saturated rings. The van der Waals surface area contributed by atoms with Gasteiger partial charge < -0.3 is 5.11 Å². The molecular weight excluding hydrogens is 287 g/mol. The van der Waals surface area contributed by atoms with Crippen LogP contribution in [0.5, 0.6) is 0 Å². The summed E-state index contributed by atoms with van der Waals surface area (Å²) in [5, 5.41) is 9.85. The predicted octanol–water partition coefficient (Wildman–Crippen LogP) is 3.23. The molecule has 1 aromatic carbocycles. The van der Waals surface area contributed by atoms with Gasteiger partial charge in [-0.15, -0.1) is 0 Å². The van der Waals surface area contributed by atoms with Gasteiger partial charge in [0.1, 0.15) is 0 Å². The van der Waals surface area contributed by atoms with Crippen molar-refractivity contribution in [3.63, 3.8) is 0 Å². The van der Waals surface area contributed by atoms with Crippen LogP contribution < -0.4 is 0 Å². The van der Waals surface area contributed by atoms with Crippen LogP contribution in [0.15, 0.2) is 47.2 Å². The summed E-state index contributed by atoms with van der Waals surface area (Å²) < 4.78 is 0. The second kappa shape index (κ2) is 5.98. The van der Waals surface area contributed by atoms with E-state index in [2.05, 4.69) is 0 Å². The van der Waals surface area contributed by atoms with Crippen molar-refractivity contribution in [2.24, 2.45) is 0 Å². The van der Waals surface area contributed by atoms with Crippen molar-refractivity contribution in [3.05, 3.63) is 58.4 Å². The fraction of sp³-hybridized carbons (Fsp3) is 0.200. The number of aliphatic hydroxyl groups is 1. The Kier molecular flexibility index (Phi) is 4.85. The molecule has 0 bridgehead atoms. The number of fused-ring (bicyclic) bond motifs is 1. The zero-order valence-electron chi connectivity index (χ0n) is 10.7. The standard InChI is InChI=1S/C15H14O3.Ni/c1-9(2)7-8-12-13(16)10-5-3-4-6-11(10)14(17)15(12)18;/h3-7,18H,8H2,1-2H3;. The molecule has 0 spiro atoms. The van der Waals surface area contributed by atoms with E-state index in [1.807, 2.05) is 19.9 Å². The van der Waals surface area contributed by atoms with Gasteiger partial charge in [0.25, 0.3) is 0 Å². The minimum Gasteiger partial charge on any atom is -0.504 e. The van der Waals surface area contributed by atoms with Gasteiger partial charge in [-0.25, -0.2) is 0 Å². The minimum absolute atomic E-state index is 0. The second-order valence-corrected chi connectivity index (χ2v) is 4.52. The van der Waals surface area contributed by atoms with Crippen LogP contribution in [0.3, 0.4) is 0 Å². The molecule has 102 valence electrons. The Morgan fingerprint density at radius 2 is 1.63 bits per heavy atom. The van der Waals surface area contributed by atoms with E-state index in [0.29, 0.717) is 5.56 Å². The van der Waals surface area contributed by atoms with Crippen molar-refractivity contribution >= 4 is 11.6 Å². The average Bonchev–Trinajstić information content (AvgIpc) is 2.36. The van der Waals surface area contributed by atoms with Crippen LogP contribution in [-0.2, 0) is 16.5 Å². The van der Waals surface area contributed by atoms with E-state index in [9.17, 15) is 14.7 Å². The topological polar surface area (TPSA) is 54.4 Å². The fourth-order valence-electron chi connectivity index (χ4n) is 1.91. The molecule has 3 nitrogen and oxygen atoms in total. The Bertz CT molecular complexity index is 593. The second-order valence-electron chi connectivity index (χ2n) is 4.52. The summed E-state index contributed by atoms with van der Waals surface area (Å²) in [6.45, 7) is 3.81. The summed E-state index contributed by atoms with van der Waals surface area (Å²) in [7, 11) is 0. The molecule has 0 aromatic heterocycles. The normalized spacial score (nSPS) is 13.8. The number of ketones is 2. The molecule has 0 atom stereocenters. The molecule has 0 unspecified atom stereocenters. The Balaban J connectivity index is 0.00000180. The summed E-state index contributed by atoms with van der Waals surface area (Å²) in [6, 6.07) is 6.57. The van der Waals surface area contributed by atoms with Crippen LogP contribution in [0.2, 0.25) is 0 Å². The fourth-order valence-corrected chi connectivity index (χ4v) is 1.91. The molecule has 1 N–H and O–H groups in total. The van der Waals surface area contributed by atoms with Crippen molar-refractivity contribution in [2.75, 3.05) is 0 Å². The van der Waals surface area contributed by atoms with Crippen LogP contribution in [-0.4, -0.2) is 16.7 Å². The number of carbonyl (C=O) groups excluding carboxylic acids is 2. The van der Waals surface area contributed by atoms with E-state index in [-0.39, 0.29) is 39.8 Å². The maximum absolute atomic E-state index is 12.2. The Labute approximate surface area is 121 Å². The SMILES string of the molecule is CC(C)=CCC1=C(O)C(=O)c2ccccc2C1=O.[Ni]. The maximum atomic E-state index is 12.2. The number of Topliss-reactive ketones (excluding diaryl/α,β-unsaturated/α-hetero) is 2. The number of allylic oxidation sites excluding steroid dienone is 4. The molecule has 2 rings (SSSR count). The summed E-state index contributed by atoms with van der Waals surface area (Å²) in [4.78, 5) is 24.1. The third-order valence-corrected chi connectivity index (χ3v) is 2.91. The smallest absolute Gasteiger partial charge is 0.228 e. The van der Waals surface area contributed by atoms with E-state index in [4.69, 9.17) is 0 Å². The molecular formula is C15H14NiO3. The van der Waals surface area contributed by atoms with E-state index in [0.717, 1.165) is 5.57 Å². The molecule has 0 radical (unpaired) electrons. The molecule has 1 aromatic rings. The first-order valence-electron chi connectivity index (χ1n) is 5.76. The molecule has 0 saturated carbocycles. The van der Waals surface area contributed by atoms with Gasteiger partial charge in [-0.1, -0.05) is 35.9 Å². The van der Waals surface area contributed by atoms with Crippen molar-refractivity contribution in [2.45, 2.75) is 20.3 Å². The van der Waals surface area contributed by atoms with E-state index in [1.54, 1.807) is 24.3 Å². The first-order valence-corrected chi connectivity index (χ1v) is 5.76. The monoisotopic (exact) mass is 300 g/mol. The van der Waals surface area contributed by atoms with E-state index in [1.165, 1.54) is 0 Å². The number of hydrogen-bond acceptors (Lipinski definition) is 3. The van der Waals surface area contributed by atoms with Gasteiger partial charge in [0.2, 0.25) is 5.78 Å². The Hall–Kier alpha value is -1.67. The molecule has 0 aliphatic heterocycles. The summed E-state index contributed by atoms with van der Waals surface area (Å²) in [5.41, 5.74) is 1.87. The molecule has 1 aliphatic carbocycles. The van der Waals surface area contributed by atoms with Crippen LogP contribution in [0.25, 0.3) is 0 Å². The Morgan fingerprint density at radius 1 is 1.11 bits per heavy atom. The largest absolute Gasteiger partial charge is 0.504 e. The van der Waals surface area contributed by atoms with Crippen LogP contribution in [0.1, 0.15) is 41.0 Å². The first-order chi connectivity index (χ1) is 8.52. The van der Waals surface area contributed by atoms with Gasteiger partial charge >= 0.3 is 0 Å². The predicted molar refractivity (Wildman–Crippen MR) is 68.8 cm³/mol. The first kappa shape index (κ1) is 15.4. The number of hydrogen-bond donors (Lipinski definition) is 1. The summed E-state index contributed by atoms with van der Waals surface area (Å²) in [6.07, 6.45) is 2.11. The average molecular weight is 301 g/mol. The molecule has 19 heavy (non-hydrogen) atoms. The van der Waals surface area contributed by atoms with Crippen LogP contribution in [0.4, 0.5) is 0 Å². The summed E-state index contributed by atoms with van der Waals surface area (Å²) in [5.74, 6) is -1.15. The zero-order valence-corrected chi connectivity index (χ0v) is 11.7. The Morgan fingerprint density at radius 3 is 2.16 bits per heavy atom. The van der Waals surface area contributed by atoms with Crippen LogP contribution >= 0.6 is 0 Å². The molecule has 0 heterocycles. The molecule has 0 saturated heterocycles. The molecule has 0 amide bonds. The van der Waals surface area contributed by atoms with E-state index >= 15 is 0 Å². The van der Waals surface area contributed by atoms with Gasteiger partial charge in [0.05, 0.1) is 0 Å². The maximum Gasteiger partial charge on any atom is 0.228 e.